The van der Waals surface area contributed by atoms with Crippen LogP contribution in [0.2, 0.25) is 0 Å². The molecule has 0 amide bonds. The molecule has 0 aliphatic heterocycles. The van der Waals surface area contributed by atoms with Crippen LogP contribution < -0.4 is 0 Å². The summed E-state index contributed by atoms with van der Waals surface area (Å²) in [7, 11) is 0. The fraction of sp³-hybridized carbons (Fsp3) is 0. The molecule has 26 heavy (non-hydrogen) atoms. The van der Waals surface area contributed by atoms with Crippen molar-refractivity contribution < 1.29 is 0 Å². The third kappa shape index (κ3) is 1.76. The van der Waals surface area contributed by atoms with Gasteiger partial charge in [0.2, 0.25) is 0 Å². The number of benzene rings is 4. The molecule has 2 nitrogen and oxygen atoms in total. The average molecular weight is 330 g/mol. The summed E-state index contributed by atoms with van der Waals surface area (Å²) in [6.45, 7) is 0. The normalized spacial score (nSPS) is 11.8. The number of hydrogen-bond acceptors (Lipinski definition) is 2. The van der Waals surface area contributed by atoms with Crippen LogP contribution >= 0.6 is 0 Å². The highest BCUT2D eigenvalue weighted by Crippen LogP contribution is 2.38. The molecule has 0 radical (unpaired) electrons. The smallest absolute Gasteiger partial charge is 0.0708 e. The Hall–Kier alpha value is -3.52. The molecule has 0 saturated heterocycles. The van der Waals surface area contributed by atoms with Crippen molar-refractivity contribution in [1.82, 2.24) is 9.97 Å². The monoisotopic (exact) mass is 330 g/mol. The molecule has 0 fully saturated rings. The SMILES string of the molecule is c1cnc2ccc3ccc4ccc5ccc6ncccc6c5c4c3c2c1. The maximum absolute atomic E-state index is 4.57. The van der Waals surface area contributed by atoms with E-state index in [4.69, 9.17) is 0 Å². The van der Waals surface area contributed by atoms with Gasteiger partial charge in [-0.2, -0.15) is 0 Å². The molecular formula is C24H14N2. The maximum Gasteiger partial charge on any atom is 0.0708 e. The van der Waals surface area contributed by atoms with Crippen LogP contribution in [0.15, 0.2) is 85.2 Å². The van der Waals surface area contributed by atoms with Crippen molar-refractivity contribution in [3.05, 3.63) is 85.2 Å². The molecule has 0 aliphatic carbocycles. The van der Waals surface area contributed by atoms with E-state index in [9.17, 15) is 0 Å². The molecular weight excluding hydrogens is 316 g/mol. The summed E-state index contributed by atoms with van der Waals surface area (Å²) in [4.78, 5) is 9.14. The summed E-state index contributed by atoms with van der Waals surface area (Å²) in [6.07, 6.45) is 3.72. The van der Waals surface area contributed by atoms with E-state index >= 15 is 0 Å². The first-order chi connectivity index (χ1) is 12.9. The first-order valence-corrected chi connectivity index (χ1v) is 8.77. The van der Waals surface area contributed by atoms with Crippen molar-refractivity contribution in [2.45, 2.75) is 0 Å². The van der Waals surface area contributed by atoms with Gasteiger partial charge in [0.25, 0.3) is 0 Å². The average Bonchev–Trinajstić information content (AvgIpc) is 2.72. The number of nitrogens with zero attached hydrogens (tertiary/aromatic N) is 2. The van der Waals surface area contributed by atoms with Gasteiger partial charge in [0.05, 0.1) is 11.0 Å². The van der Waals surface area contributed by atoms with Crippen molar-refractivity contribution in [2.75, 3.05) is 0 Å². The van der Waals surface area contributed by atoms with Gasteiger partial charge in [-0.25, -0.2) is 0 Å². The zero-order valence-corrected chi connectivity index (χ0v) is 14.0. The van der Waals surface area contributed by atoms with Gasteiger partial charge in [0.15, 0.2) is 0 Å². The van der Waals surface area contributed by atoms with Crippen LogP contribution in [-0.4, -0.2) is 9.97 Å². The van der Waals surface area contributed by atoms with E-state index in [0.29, 0.717) is 0 Å². The van der Waals surface area contributed by atoms with Gasteiger partial charge >= 0.3 is 0 Å². The number of aromatic nitrogens is 2. The molecule has 0 N–H and O–H groups in total. The topological polar surface area (TPSA) is 25.8 Å². The van der Waals surface area contributed by atoms with Crippen molar-refractivity contribution >= 4 is 54.1 Å². The van der Waals surface area contributed by atoms with Crippen LogP contribution in [0, 0.1) is 0 Å². The molecule has 4 aromatic carbocycles. The molecule has 0 atom stereocenters. The number of fused-ring (bicyclic) bond motifs is 9. The highest BCUT2D eigenvalue weighted by molar-refractivity contribution is 6.31. The Labute approximate surface area is 149 Å². The minimum atomic E-state index is 1.03. The summed E-state index contributed by atoms with van der Waals surface area (Å²) in [5.41, 5.74) is 2.06. The lowest BCUT2D eigenvalue weighted by molar-refractivity contribution is 1.42. The van der Waals surface area contributed by atoms with E-state index in [1.165, 1.54) is 43.1 Å². The molecule has 2 heteroatoms. The van der Waals surface area contributed by atoms with Crippen LogP contribution in [-0.2, 0) is 0 Å². The first-order valence-electron chi connectivity index (χ1n) is 8.77. The lowest BCUT2D eigenvalue weighted by Gasteiger charge is -2.12. The molecule has 0 aliphatic rings. The van der Waals surface area contributed by atoms with Crippen molar-refractivity contribution in [3.63, 3.8) is 0 Å². The van der Waals surface area contributed by atoms with E-state index in [1.807, 2.05) is 24.5 Å². The number of pyridine rings is 2. The second-order valence-corrected chi connectivity index (χ2v) is 6.70. The fourth-order valence-electron chi connectivity index (χ4n) is 4.17. The van der Waals surface area contributed by atoms with Gasteiger partial charge in [-0.1, -0.05) is 48.5 Å². The quantitative estimate of drug-likeness (QED) is 0.308. The van der Waals surface area contributed by atoms with Gasteiger partial charge in [0.1, 0.15) is 0 Å². The molecule has 6 rings (SSSR count). The molecule has 0 spiro atoms. The van der Waals surface area contributed by atoms with Gasteiger partial charge < -0.3 is 0 Å². The summed E-state index contributed by atoms with van der Waals surface area (Å²) in [6, 6.07) is 25.8. The summed E-state index contributed by atoms with van der Waals surface area (Å²) in [5, 5.41) is 9.96. The third-order valence-corrected chi connectivity index (χ3v) is 5.31. The molecule has 0 saturated carbocycles. The zero-order chi connectivity index (χ0) is 17.1. The van der Waals surface area contributed by atoms with Crippen LogP contribution in [0.25, 0.3) is 54.1 Å². The number of rotatable bonds is 0. The van der Waals surface area contributed by atoms with Crippen molar-refractivity contribution in [2.24, 2.45) is 0 Å². The number of hydrogen-bond donors (Lipinski definition) is 0. The van der Waals surface area contributed by atoms with Crippen LogP contribution in [0.3, 0.4) is 0 Å². The van der Waals surface area contributed by atoms with Crippen LogP contribution in [0.4, 0.5) is 0 Å². The summed E-state index contributed by atoms with van der Waals surface area (Å²) < 4.78 is 0. The van der Waals surface area contributed by atoms with Crippen LogP contribution in [0.1, 0.15) is 0 Å². The Morgan fingerprint density at radius 2 is 0.846 bits per heavy atom. The third-order valence-electron chi connectivity index (χ3n) is 5.31. The first kappa shape index (κ1) is 13.7. The highest BCUT2D eigenvalue weighted by atomic mass is 14.6. The fourth-order valence-corrected chi connectivity index (χ4v) is 4.17. The Balaban J connectivity index is 2.03. The van der Waals surface area contributed by atoms with Gasteiger partial charge in [0, 0.05) is 23.2 Å². The van der Waals surface area contributed by atoms with Crippen LogP contribution in [0.5, 0.6) is 0 Å². The summed E-state index contributed by atoms with van der Waals surface area (Å²) >= 11 is 0. The Kier molecular flexibility index (Phi) is 2.64. The molecule has 0 unspecified atom stereocenters. The zero-order valence-electron chi connectivity index (χ0n) is 14.0. The lowest BCUT2D eigenvalue weighted by Crippen LogP contribution is -1.87. The predicted molar refractivity (Wildman–Crippen MR) is 110 cm³/mol. The molecule has 0 bridgehead atoms. The second-order valence-electron chi connectivity index (χ2n) is 6.70. The van der Waals surface area contributed by atoms with Gasteiger partial charge in [-0.15, -0.1) is 0 Å². The maximum atomic E-state index is 4.57. The molecule has 2 heterocycles. The van der Waals surface area contributed by atoms with E-state index in [-0.39, 0.29) is 0 Å². The van der Waals surface area contributed by atoms with E-state index < -0.39 is 0 Å². The predicted octanol–water partition coefficient (Wildman–Crippen LogP) is 6.24. The van der Waals surface area contributed by atoms with Gasteiger partial charge in [-0.3, -0.25) is 9.97 Å². The second kappa shape index (κ2) is 4.99. The van der Waals surface area contributed by atoms with E-state index in [1.54, 1.807) is 0 Å². The largest absolute Gasteiger partial charge is 0.256 e. The van der Waals surface area contributed by atoms with Crippen molar-refractivity contribution in [3.8, 4) is 0 Å². The highest BCUT2D eigenvalue weighted by Gasteiger charge is 2.11. The minimum Gasteiger partial charge on any atom is -0.256 e. The van der Waals surface area contributed by atoms with Gasteiger partial charge in [-0.05, 0) is 56.6 Å². The minimum absolute atomic E-state index is 1.03. The molecule has 6 aromatic rings. The summed E-state index contributed by atoms with van der Waals surface area (Å²) in [5.74, 6) is 0. The molecule has 120 valence electrons. The Morgan fingerprint density at radius 1 is 0.423 bits per heavy atom. The molecule has 2 aromatic heterocycles. The Bertz CT molecular complexity index is 1360. The van der Waals surface area contributed by atoms with Crippen molar-refractivity contribution in [1.29, 1.82) is 0 Å². The lowest BCUT2D eigenvalue weighted by atomic mass is 9.92. The van der Waals surface area contributed by atoms with E-state index in [0.717, 1.165) is 11.0 Å². The standard InChI is InChI=1S/C24H14N2/c1-3-18-20(25-13-1)11-9-15-5-7-17-8-6-16-10-12-21-19(4-2-14-26-21)23(16)24(17)22(15)18/h1-14H. The Morgan fingerprint density at radius 3 is 1.35 bits per heavy atom. The van der Waals surface area contributed by atoms with E-state index in [2.05, 4.69) is 70.6 Å².